The molecule has 0 bridgehead atoms. The standard InChI is InChI=1S/C15H17NO2/c1-2-15(18,11-13-5-3-4-10-16-13)12-6-8-14(17)9-7-12/h3-10,17-18H,2,11H2,1H3/t15-/m0/s1. The van der Waals surface area contributed by atoms with Gasteiger partial charge in [0, 0.05) is 18.3 Å². The van der Waals surface area contributed by atoms with Crippen LogP contribution in [0.4, 0.5) is 0 Å². The quantitative estimate of drug-likeness (QED) is 0.868. The van der Waals surface area contributed by atoms with Crippen LogP contribution in [-0.2, 0) is 12.0 Å². The maximum atomic E-state index is 10.7. The first-order valence-corrected chi connectivity index (χ1v) is 6.06. The molecule has 94 valence electrons. The molecule has 0 spiro atoms. The third-order valence-corrected chi connectivity index (χ3v) is 3.19. The summed E-state index contributed by atoms with van der Waals surface area (Å²) in [5.74, 6) is 0.204. The Morgan fingerprint density at radius 2 is 1.83 bits per heavy atom. The number of nitrogens with zero attached hydrogens (tertiary/aromatic N) is 1. The second kappa shape index (κ2) is 5.19. The van der Waals surface area contributed by atoms with Gasteiger partial charge in [0.25, 0.3) is 0 Å². The van der Waals surface area contributed by atoms with Crippen molar-refractivity contribution < 1.29 is 10.2 Å². The van der Waals surface area contributed by atoms with Crippen molar-refractivity contribution in [2.24, 2.45) is 0 Å². The van der Waals surface area contributed by atoms with Crippen molar-refractivity contribution in [3.63, 3.8) is 0 Å². The summed E-state index contributed by atoms with van der Waals surface area (Å²) in [6.07, 6.45) is 2.78. The SMILES string of the molecule is CC[C@](O)(Cc1ccccn1)c1ccc(O)cc1. The smallest absolute Gasteiger partial charge is 0.115 e. The lowest BCUT2D eigenvalue weighted by molar-refractivity contribution is 0.0317. The number of rotatable bonds is 4. The van der Waals surface area contributed by atoms with E-state index in [9.17, 15) is 10.2 Å². The number of aromatic hydroxyl groups is 1. The molecule has 2 aromatic rings. The Balaban J connectivity index is 2.28. The predicted molar refractivity (Wildman–Crippen MR) is 70.2 cm³/mol. The van der Waals surface area contributed by atoms with Gasteiger partial charge in [0.2, 0.25) is 0 Å². The minimum Gasteiger partial charge on any atom is -0.508 e. The van der Waals surface area contributed by atoms with Crippen molar-refractivity contribution in [1.82, 2.24) is 4.98 Å². The Kier molecular flexibility index (Phi) is 3.63. The third kappa shape index (κ3) is 2.68. The summed E-state index contributed by atoms with van der Waals surface area (Å²) in [5, 5.41) is 20.0. The molecule has 0 aliphatic heterocycles. The minimum atomic E-state index is -0.942. The second-order valence-corrected chi connectivity index (χ2v) is 4.43. The highest BCUT2D eigenvalue weighted by Crippen LogP contribution is 2.29. The lowest BCUT2D eigenvalue weighted by Gasteiger charge is -2.27. The molecule has 0 aliphatic carbocycles. The zero-order valence-electron chi connectivity index (χ0n) is 10.4. The molecule has 2 rings (SSSR count). The van der Waals surface area contributed by atoms with Gasteiger partial charge in [0.05, 0.1) is 5.60 Å². The van der Waals surface area contributed by atoms with Crippen LogP contribution < -0.4 is 0 Å². The summed E-state index contributed by atoms with van der Waals surface area (Å²) in [4.78, 5) is 4.25. The second-order valence-electron chi connectivity index (χ2n) is 4.43. The van der Waals surface area contributed by atoms with Crippen LogP contribution in [0.15, 0.2) is 48.7 Å². The van der Waals surface area contributed by atoms with Crippen LogP contribution in [0.2, 0.25) is 0 Å². The van der Waals surface area contributed by atoms with Crippen molar-refractivity contribution in [1.29, 1.82) is 0 Å². The molecule has 1 heterocycles. The molecular weight excluding hydrogens is 226 g/mol. The summed E-state index contributed by atoms with van der Waals surface area (Å²) in [5.41, 5.74) is 0.713. The van der Waals surface area contributed by atoms with Crippen LogP contribution in [0.3, 0.4) is 0 Å². The fourth-order valence-electron chi connectivity index (χ4n) is 2.01. The fourth-order valence-corrected chi connectivity index (χ4v) is 2.01. The molecule has 0 saturated carbocycles. The molecular formula is C15H17NO2. The Bertz CT molecular complexity index is 496. The van der Waals surface area contributed by atoms with Crippen molar-refractivity contribution in [3.05, 3.63) is 59.9 Å². The number of phenolic OH excluding ortho intramolecular Hbond substituents is 1. The summed E-state index contributed by atoms with van der Waals surface area (Å²) in [6.45, 7) is 1.94. The van der Waals surface area contributed by atoms with Crippen LogP contribution in [0.25, 0.3) is 0 Å². The molecule has 0 unspecified atom stereocenters. The summed E-state index contributed by atoms with van der Waals surface area (Å²) in [7, 11) is 0. The topological polar surface area (TPSA) is 53.4 Å². The maximum Gasteiger partial charge on any atom is 0.115 e. The molecule has 3 nitrogen and oxygen atoms in total. The number of aliphatic hydroxyl groups is 1. The number of hydrogen-bond donors (Lipinski definition) is 2. The molecule has 1 atom stereocenters. The summed E-state index contributed by atoms with van der Waals surface area (Å²) in [6, 6.07) is 12.4. The first-order valence-electron chi connectivity index (χ1n) is 6.06. The Morgan fingerprint density at radius 3 is 2.39 bits per heavy atom. The highest BCUT2D eigenvalue weighted by Gasteiger charge is 2.27. The predicted octanol–water partition coefficient (Wildman–Crippen LogP) is 2.63. The van der Waals surface area contributed by atoms with E-state index in [-0.39, 0.29) is 5.75 Å². The van der Waals surface area contributed by atoms with Gasteiger partial charge in [-0.05, 0) is 36.2 Å². The molecule has 3 heteroatoms. The lowest BCUT2D eigenvalue weighted by atomic mass is 9.86. The summed E-state index contributed by atoms with van der Waals surface area (Å²) >= 11 is 0. The van der Waals surface area contributed by atoms with E-state index in [1.165, 1.54) is 0 Å². The lowest BCUT2D eigenvalue weighted by Crippen LogP contribution is -2.28. The van der Waals surface area contributed by atoms with Gasteiger partial charge in [0.15, 0.2) is 0 Å². The number of benzene rings is 1. The number of phenols is 1. The van der Waals surface area contributed by atoms with E-state index in [2.05, 4.69) is 4.98 Å². The molecule has 0 amide bonds. The largest absolute Gasteiger partial charge is 0.508 e. The molecule has 0 aliphatic rings. The molecule has 1 aromatic carbocycles. The third-order valence-electron chi connectivity index (χ3n) is 3.19. The number of pyridine rings is 1. The van der Waals surface area contributed by atoms with E-state index in [0.29, 0.717) is 12.8 Å². The first-order chi connectivity index (χ1) is 8.64. The van der Waals surface area contributed by atoms with Crippen LogP contribution >= 0.6 is 0 Å². The van der Waals surface area contributed by atoms with E-state index >= 15 is 0 Å². The van der Waals surface area contributed by atoms with Crippen LogP contribution in [0, 0.1) is 0 Å². The zero-order chi connectivity index (χ0) is 13.0. The van der Waals surface area contributed by atoms with Crippen molar-refractivity contribution >= 4 is 0 Å². The van der Waals surface area contributed by atoms with Crippen molar-refractivity contribution in [2.75, 3.05) is 0 Å². The molecule has 1 aromatic heterocycles. The zero-order valence-corrected chi connectivity index (χ0v) is 10.4. The molecule has 0 fully saturated rings. The van der Waals surface area contributed by atoms with E-state index in [1.807, 2.05) is 25.1 Å². The number of hydrogen-bond acceptors (Lipinski definition) is 3. The van der Waals surface area contributed by atoms with Crippen LogP contribution in [0.1, 0.15) is 24.6 Å². The Hall–Kier alpha value is -1.87. The minimum absolute atomic E-state index is 0.204. The van der Waals surface area contributed by atoms with Gasteiger partial charge in [-0.15, -0.1) is 0 Å². The van der Waals surface area contributed by atoms with E-state index in [1.54, 1.807) is 30.5 Å². The van der Waals surface area contributed by atoms with Crippen molar-refractivity contribution in [3.8, 4) is 5.75 Å². The van der Waals surface area contributed by atoms with Crippen LogP contribution in [-0.4, -0.2) is 15.2 Å². The maximum absolute atomic E-state index is 10.7. The van der Waals surface area contributed by atoms with Gasteiger partial charge in [-0.3, -0.25) is 4.98 Å². The molecule has 0 saturated heterocycles. The van der Waals surface area contributed by atoms with E-state index in [4.69, 9.17) is 0 Å². The Labute approximate surface area is 107 Å². The van der Waals surface area contributed by atoms with Gasteiger partial charge in [-0.25, -0.2) is 0 Å². The normalized spacial score (nSPS) is 14.1. The highest BCUT2D eigenvalue weighted by molar-refractivity contribution is 5.31. The van der Waals surface area contributed by atoms with Gasteiger partial charge in [-0.1, -0.05) is 25.1 Å². The number of aromatic nitrogens is 1. The van der Waals surface area contributed by atoms with Crippen molar-refractivity contribution in [2.45, 2.75) is 25.4 Å². The first kappa shape index (κ1) is 12.6. The van der Waals surface area contributed by atoms with Gasteiger partial charge in [-0.2, -0.15) is 0 Å². The van der Waals surface area contributed by atoms with Crippen LogP contribution in [0.5, 0.6) is 5.75 Å². The highest BCUT2D eigenvalue weighted by atomic mass is 16.3. The summed E-state index contributed by atoms with van der Waals surface area (Å²) < 4.78 is 0. The molecule has 18 heavy (non-hydrogen) atoms. The van der Waals surface area contributed by atoms with Gasteiger partial charge < -0.3 is 10.2 Å². The van der Waals surface area contributed by atoms with Gasteiger partial charge >= 0.3 is 0 Å². The fraction of sp³-hybridized carbons (Fsp3) is 0.267. The van der Waals surface area contributed by atoms with E-state index < -0.39 is 5.60 Å². The van der Waals surface area contributed by atoms with E-state index in [0.717, 1.165) is 11.3 Å². The molecule has 2 N–H and O–H groups in total. The Morgan fingerprint density at radius 1 is 1.11 bits per heavy atom. The average Bonchev–Trinajstić information content (AvgIpc) is 2.40. The molecule has 0 radical (unpaired) electrons. The van der Waals surface area contributed by atoms with Gasteiger partial charge in [0.1, 0.15) is 5.75 Å². The average molecular weight is 243 g/mol. The monoisotopic (exact) mass is 243 g/mol.